The van der Waals surface area contributed by atoms with Gasteiger partial charge in [0.1, 0.15) is 5.82 Å². The fourth-order valence-electron chi connectivity index (χ4n) is 4.48. The Morgan fingerprint density at radius 2 is 1.91 bits per heavy atom. The Labute approximate surface area is 196 Å². The quantitative estimate of drug-likeness (QED) is 0.506. The number of piperidine rings is 1. The standard InChI is InChI=1S/C25H35N7O/c1-4-30(5-2)15-7-14-26-25(33)20-12-16-31(17-13-20)23-11-10-22-27-28-24(32(22)29-23)21-9-6-8-19(3)18-21/h6,8-11,18,20H,4-5,7,12-17H2,1-3H3,(H,26,33). The van der Waals surface area contributed by atoms with Crippen LogP contribution in [0.5, 0.6) is 0 Å². The SMILES string of the molecule is CCN(CC)CCCNC(=O)C1CCN(c2ccc3nnc(-c4cccc(C)c4)n3n2)CC1. The van der Waals surface area contributed by atoms with Crippen molar-refractivity contribution in [2.75, 3.05) is 44.2 Å². The predicted octanol–water partition coefficient (Wildman–Crippen LogP) is 3.16. The molecule has 1 aliphatic heterocycles. The van der Waals surface area contributed by atoms with Crippen molar-refractivity contribution in [1.29, 1.82) is 0 Å². The fourth-order valence-corrected chi connectivity index (χ4v) is 4.48. The number of fused-ring (bicyclic) bond motifs is 1. The number of hydrogen-bond acceptors (Lipinski definition) is 6. The summed E-state index contributed by atoms with van der Waals surface area (Å²) in [5.74, 6) is 1.91. The molecule has 0 atom stereocenters. The largest absolute Gasteiger partial charge is 0.356 e. The van der Waals surface area contributed by atoms with Gasteiger partial charge in [0.05, 0.1) is 0 Å². The first-order chi connectivity index (χ1) is 16.1. The first-order valence-electron chi connectivity index (χ1n) is 12.1. The van der Waals surface area contributed by atoms with Crippen LogP contribution >= 0.6 is 0 Å². The molecule has 0 bridgehead atoms. The lowest BCUT2D eigenvalue weighted by Gasteiger charge is -2.32. The lowest BCUT2D eigenvalue weighted by Crippen LogP contribution is -2.41. The van der Waals surface area contributed by atoms with Crippen LogP contribution in [-0.2, 0) is 4.79 Å². The number of nitrogens with one attached hydrogen (secondary N) is 1. The smallest absolute Gasteiger partial charge is 0.223 e. The van der Waals surface area contributed by atoms with Crippen molar-refractivity contribution < 1.29 is 4.79 Å². The van der Waals surface area contributed by atoms with Gasteiger partial charge in [-0.2, -0.15) is 4.52 Å². The van der Waals surface area contributed by atoms with Gasteiger partial charge in [0.15, 0.2) is 11.5 Å². The number of benzene rings is 1. The molecule has 2 aromatic heterocycles. The second-order valence-corrected chi connectivity index (χ2v) is 8.79. The topological polar surface area (TPSA) is 78.7 Å². The van der Waals surface area contributed by atoms with Crippen molar-refractivity contribution in [3.8, 4) is 11.4 Å². The van der Waals surface area contributed by atoms with Gasteiger partial charge < -0.3 is 15.1 Å². The van der Waals surface area contributed by atoms with Crippen molar-refractivity contribution in [3.63, 3.8) is 0 Å². The maximum absolute atomic E-state index is 12.6. The molecule has 1 aromatic carbocycles. The minimum atomic E-state index is 0.0798. The zero-order valence-electron chi connectivity index (χ0n) is 20.0. The third-order valence-corrected chi connectivity index (χ3v) is 6.56. The summed E-state index contributed by atoms with van der Waals surface area (Å²) >= 11 is 0. The van der Waals surface area contributed by atoms with Crippen molar-refractivity contribution in [3.05, 3.63) is 42.0 Å². The highest BCUT2D eigenvalue weighted by Crippen LogP contribution is 2.24. The van der Waals surface area contributed by atoms with Crippen LogP contribution in [0.2, 0.25) is 0 Å². The monoisotopic (exact) mass is 449 g/mol. The van der Waals surface area contributed by atoms with Gasteiger partial charge in [0.2, 0.25) is 5.91 Å². The van der Waals surface area contributed by atoms with Gasteiger partial charge in [-0.3, -0.25) is 4.79 Å². The van der Waals surface area contributed by atoms with E-state index in [1.165, 1.54) is 5.56 Å². The van der Waals surface area contributed by atoms with Crippen LogP contribution in [0.3, 0.4) is 0 Å². The minimum Gasteiger partial charge on any atom is -0.356 e. The first-order valence-corrected chi connectivity index (χ1v) is 12.1. The second kappa shape index (κ2) is 10.7. The Hall–Kier alpha value is -3.00. The molecule has 4 rings (SSSR count). The van der Waals surface area contributed by atoms with E-state index in [4.69, 9.17) is 5.10 Å². The number of rotatable bonds is 9. The normalized spacial score (nSPS) is 14.8. The van der Waals surface area contributed by atoms with Crippen LogP contribution in [0.4, 0.5) is 5.82 Å². The van der Waals surface area contributed by atoms with Crippen molar-refractivity contribution in [1.82, 2.24) is 30.0 Å². The molecule has 8 nitrogen and oxygen atoms in total. The maximum Gasteiger partial charge on any atom is 0.223 e. The average molecular weight is 450 g/mol. The van der Waals surface area contributed by atoms with Crippen LogP contribution in [0.25, 0.3) is 17.0 Å². The van der Waals surface area contributed by atoms with Crippen LogP contribution < -0.4 is 10.2 Å². The zero-order valence-corrected chi connectivity index (χ0v) is 20.0. The van der Waals surface area contributed by atoms with Gasteiger partial charge >= 0.3 is 0 Å². The number of nitrogens with zero attached hydrogens (tertiary/aromatic N) is 6. The van der Waals surface area contributed by atoms with Gasteiger partial charge in [-0.05, 0) is 64.0 Å². The lowest BCUT2D eigenvalue weighted by atomic mass is 9.96. The van der Waals surface area contributed by atoms with Gasteiger partial charge in [0, 0.05) is 31.1 Å². The molecule has 176 valence electrons. The number of aryl methyl sites for hydroxylation is 1. The molecule has 3 heterocycles. The highest BCUT2D eigenvalue weighted by atomic mass is 16.1. The van der Waals surface area contributed by atoms with E-state index < -0.39 is 0 Å². The van der Waals surface area contributed by atoms with E-state index in [0.717, 1.165) is 81.4 Å². The predicted molar refractivity (Wildman–Crippen MR) is 131 cm³/mol. The molecule has 0 radical (unpaired) electrons. The molecule has 1 N–H and O–H groups in total. The molecular weight excluding hydrogens is 414 g/mol. The second-order valence-electron chi connectivity index (χ2n) is 8.79. The van der Waals surface area contributed by atoms with Crippen LogP contribution in [0, 0.1) is 12.8 Å². The molecule has 1 aliphatic rings. The molecule has 1 amide bonds. The lowest BCUT2D eigenvalue weighted by molar-refractivity contribution is -0.125. The van der Waals surface area contributed by atoms with Crippen molar-refractivity contribution in [2.45, 2.75) is 40.0 Å². The van der Waals surface area contributed by atoms with Gasteiger partial charge in [-0.25, -0.2) is 0 Å². The molecule has 0 saturated carbocycles. The summed E-state index contributed by atoms with van der Waals surface area (Å²) in [6, 6.07) is 12.2. The average Bonchev–Trinajstić information content (AvgIpc) is 3.27. The Balaban J connectivity index is 1.34. The molecule has 1 fully saturated rings. The summed E-state index contributed by atoms with van der Waals surface area (Å²) in [7, 11) is 0. The van der Waals surface area contributed by atoms with E-state index in [9.17, 15) is 4.79 Å². The highest BCUT2D eigenvalue weighted by Gasteiger charge is 2.26. The molecule has 8 heteroatoms. The van der Waals surface area contributed by atoms with Crippen molar-refractivity contribution >= 4 is 17.4 Å². The molecule has 0 spiro atoms. The summed E-state index contributed by atoms with van der Waals surface area (Å²) in [4.78, 5) is 17.3. The maximum atomic E-state index is 12.6. The number of amides is 1. The molecule has 33 heavy (non-hydrogen) atoms. The number of aromatic nitrogens is 4. The Morgan fingerprint density at radius 3 is 2.64 bits per heavy atom. The number of anilines is 1. The van der Waals surface area contributed by atoms with E-state index in [1.54, 1.807) is 0 Å². The Bertz CT molecular complexity index is 1070. The van der Waals surface area contributed by atoms with Gasteiger partial charge in [-0.15, -0.1) is 15.3 Å². The summed E-state index contributed by atoms with van der Waals surface area (Å²) in [6.45, 7) is 12.0. The van der Waals surface area contributed by atoms with Crippen LogP contribution in [0.15, 0.2) is 36.4 Å². The van der Waals surface area contributed by atoms with Crippen molar-refractivity contribution in [2.24, 2.45) is 5.92 Å². The third kappa shape index (κ3) is 5.50. The molecule has 3 aromatic rings. The van der Waals surface area contributed by atoms with E-state index in [2.05, 4.69) is 58.2 Å². The van der Waals surface area contributed by atoms with E-state index in [-0.39, 0.29) is 11.8 Å². The molecule has 1 saturated heterocycles. The van der Waals surface area contributed by atoms with E-state index >= 15 is 0 Å². The third-order valence-electron chi connectivity index (χ3n) is 6.56. The summed E-state index contributed by atoms with van der Waals surface area (Å²) in [5.41, 5.74) is 2.91. The highest BCUT2D eigenvalue weighted by molar-refractivity contribution is 5.79. The molecule has 0 unspecified atom stereocenters. The van der Waals surface area contributed by atoms with Gasteiger partial charge in [0.25, 0.3) is 0 Å². The number of carbonyl (C=O) groups excluding carboxylic acids is 1. The first kappa shape index (κ1) is 23.2. The molecule has 0 aliphatic carbocycles. The summed E-state index contributed by atoms with van der Waals surface area (Å²) in [5, 5.41) is 16.6. The Kier molecular flexibility index (Phi) is 7.54. The summed E-state index contributed by atoms with van der Waals surface area (Å²) in [6.07, 6.45) is 2.68. The molecular formula is C25H35N7O. The van der Waals surface area contributed by atoms with Crippen LogP contribution in [-0.4, -0.2) is 69.9 Å². The Morgan fingerprint density at radius 1 is 1.12 bits per heavy atom. The summed E-state index contributed by atoms with van der Waals surface area (Å²) < 4.78 is 1.82. The van der Waals surface area contributed by atoms with E-state index in [0.29, 0.717) is 0 Å². The van der Waals surface area contributed by atoms with Crippen LogP contribution in [0.1, 0.15) is 38.7 Å². The number of carbonyl (C=O) groups is 1. The fraction of sp³-hybridized carbons (Fsp3) is 0.520. The number of hydrogen-bond donors (Lipinski definition) is 1. The van der Waals surface area contributed by atoms with E-state index in [1.807, 2.05) is 28.8 Å². The minimum absolute atomic E-state index is 0.0798. The zero-order chi connectivity index (χ0) is 23.2. The van der Waals surface area contributed by atoms with Gasteiger partial charge in [-0.1, -0.05) is 37.6 Å².